The van der Waals surface area contributed by atoms with Gasteiger partial charge in [-0.15, -0.1) is 15.9 Å². The number of likely N-dealkylation sites (N-methyl/N-ethyl adjacent to an activating group) is 1. The summed E-state index contributed by atoms with van der Waals surface area (Å²) in [6.07, 6.45) is 5.36. The van der Waals surface area contributed by atoms with Crippen molar-refractivity contribution in [2.75, 3.05) is 31.6 Å². The molecule has 0 amide bonds. The molecule has 3 aromatic carbocycles. The highest BCUT2D eigenvalue weighted by atomic mass is 32.3. The zero-order valence-corrected chi connectivity index (χ0v) is 26.8. The zero-order chi connectivity index (χ0) is 31.7. The van der Waals surface area contributed by atoms with Crippen LogP contribution in [0.3, 0.4) is 0 Å². The molecule has 45 heavy (non-hydrogen) atoms. The van der Waals surface area contributed by atoms with Gasteiger partial charge in [0.2, 0.25) is 0 Å². The third-order valence-corrected chi connectivity index (χ3v) is 10.7. The van der Waals surface area contributed by atoms with Crippen molar-refractivity contribution in [3.05, 3.63) is 101 Å². The van der Waals surface area contributed by atoms with Gasteiger partial charge in [-0.3, -0.25) is 13.9 Å². The van der Waals surface area contributed by atoms with E-state index < -0.39 is 10.8 Å². The average molecular weight is 630 g/mol. The number of hydrogen-bond acceptors (Lipinski definition) is 9. The van der Waals surface area contributed by atoms with Gasteiger partial charge in [-0.05, 0) is 59.9 Å². The highest BCUT2D eigenvalue weighted by Crippen LogP contribution is 2.56. The topological polar surface area (TPSA) is 122 Å². The molecule has 0 radical (unpaired) electrons. The van der Waals surface area contributed by atoms with Gasteiger partial charge in [-0.2, -0.15) is 4.31 Å². The Bertz CT molecular complexity index is 1820. The van der Waals surface area contributed by atoms with Crippen molar-refractivity contribution in [2.45, 2.75) is 44.2 Å². The summed E-state index contributed by atoms with van der Waals surface area (Å²) in [5.41, 5.74) is 7.40. The van der Waals surface area contributed by atoms with Gasteiger partial charge >= 0.3 is 5.97 Å². The first-order valence-electron chi connectivity index (χ1n) is 15.0. The molecule has 11 nitrogen and oxygen atoms in total. The molecular weight excluding hydrogens is 590 g/mol. The van der Waals surface area contributed by atoms with Gasteiger partial charge in [-0.1, -0.05) is 41.6 Å². The molecule has 0 fully saturated rings. The molecule has 0 aliphatic carbocycles. The maximum absolute atomic E-state index is 13.3. The van der Waals surface area contributed by atoms with Crippen LogP contribution in [0.2, 0.25) is 0 Å². The number of fused-ring (bicyclic) bond motifs is 2. The molecule has 1 unspecified atom stereocenters. The molecule has 1 aliphatic rings. The van der Waals surface area contributed by atoms with E-state index in [1.807, 2.05) is 81.2 Å². The predicted octanol–water partition coefficient (Wildman–Crippen LogP) is 5.52. The number of rotatable bonds is 9. The summed E-state index contributed by atoms with van der Waals surface area (Å²) < 4.78 is 34.2. The molecule has 2 aromatic heterocycles. The third-order valence-electron chi connectivity index (χ3n) is 8.74. The van der Waals surface area contributed by atoms with Crippen molar-refractivity contribution < 1.29 is 18.6 Å². The maximum atomic E-state index is 13.3. The van der Waals surface area contributed by atoms with E-state index in [-0.39, 0.29) is 24.9 Å². The fraction of sp³-hybridized carbons (Fsp3) is 0.333. The second kappa shape index (κ2) is 12.6. The lowest BCUT2D eigenvalue weighted by Crippen LogP contribution is -2.31. The minimum atomic E-state index is -3.24. The average Bonchev–Trinajstić information content (AvgIpc) is 3.67. The van der Waals surface area contributed by atoms with E-state index in [1.165, 1.54) is 0 Å². The van der Waals surface area contributed by atoms with Gasteiger partial charge in [0, 0.05) is 52.0 Å². The number of benzene rings is 3. The number of carbonyl (C=O) groups excluding carboxylic acids is 1. The summed E-state index contributed by atoms with van der Waals surface area (Å²) in [4.78, 5) is 19.9. The quantitative estimate of drug-likeness (QED) is 0.203. The van der Waals surface area contributed by atoms with Crippen molar-refractivity contribution in [2.24, 2.45) is 7.05 Å². The van der Waals surface area contributed by atoms with Crippen molar-refractivity contribution in [1.82, 2.24) is 28.9 Å². The van der Waals surface area contributed by atoms with Crippen LogP contribution < -0.4 is 4.90 Å². The number of para-hydroxylation sites is 1. The molecule has 3 heterocycles. The number of hydrogen-bond donors (Lipinski definition) is 2. The van der Waals surface area contributed by atoms with E-state index in [2.05, 4.69) is 26.3 Å². The summed E-state index contributed by atoms with van der Waals surface area (Å²) in [6, 6.07) is 17.7. The minimum absolute atomic E-state index is 0.135. The molecule has 0 saturated carbocycles. The van der Waals surface area contributed by atoms with Crippen LogP contribution in [0.15, 0.2) is 78.2 Å². The Balaban J connectivity index is 1.33. The number of esters is 1. The Morgan fingerprint density at radius 3 is 2.69 bits per heavy atom. The first-order valence-corrected chi connectivity index (χ1v) is 16.5. The van der Waals surface area contributed by atoms with E-state index in [4.69, 9.17) is 4.74 Å². The highest BCUT2D eigenvalue weighted by Gasteiger charge is 2.32. The summed E-state index contributed by atoms with van der Waals surface area (Å²) >= 11 is 0. The van der Waals surface area contributed by atoms with Crippen LogP contribution in [0.5, 0.6) is 0 Å². The van der Waals surface area contributed by atoms with Gasteiger partial charge < -0.3 is 14.2 Å². The van der Waals surface area contributed by atoms with Gasteiger partial charge in [0.25, 0.3) is 0 Å². The second-order valence-corrected chi connectivity index (χ2v) is 13.6. The minimum Gasteiger partial charge on any atom is -0.464 e. The SMILES string of the molecule is Cc1ccc(C(CC(=O)OCCn2ccnc2)c2ccc3c(nnn3C)c2C)cc1CN1CCN(C)c2ccccc2S1(O)O. The number of anilines is 1. The van der Waals surface area contributed by atoms with Crippen LogP contribution in [0, 0.1) is 13.8 Å². The summed E-state index contributed by atoms with van der Waals surface area (Å²) in [5, 5.41) is 8.60. The normalized spacial score (nSPS) is 16.3. The fourth-order valence-corrected chi connectivity index (χ4v) is 7.73. The molecule has 236 valence electrons. The standard InChI is InChI=1S/C33H39N7O4S/c1-23-9-10-25(19-26(23)21-40-16-15-37(3)29-7-5-6-8-31(29)45(40,42)43)28(20-32(41)44-18-17-39-14-13-34-22-39)27-11-12-30-33(24(27)2)35-36-38(30)4/h5-14,19,22,28,42-43H,15-18,20-21H2,1-4H3. The number of aromatic nitrogens is 5. The van der Waals surface area contributed by atoms with E-state index >= 15 is 0 Å². The van der Waals surface area contributed by atoms with E-state index in [0.717, 1.165) is 44.5 Å². The molecule has 1 aliphatic heterocycles. The van der Waals surface area contributed by atoms with Crippen molar-refractivity contribution in [1.29, 1.82) is 0 Å². The predicted molar refractivity (Wildman–Crippen MR) is 175 cm³/mol. The molecule has 0 saturated heterocycles. The molecule has 0 bridgehead atoms. The lowest BCUT2D eigenvalue weighted by Gasteiger charge is -2.42. The van der Waals surface area contributed by atoms with Crippen LogP contribution in [0.1, 0.15) is 40.2 Å². The lowest BCUT2D eigenvalue weighted by atomic mass is 9.84. The van der Waals surface area contributed by atoms with Gasteiger partial charge in [0.15, 0.2) is 0 Å². The van der Waals surface area contributed by atoms with Gasteiger partial charge in [0.1, 0.15) is 12.1 Å². The summed E-state index contributed by atoms with van der Waals surface area (Å²) in [5.74, 6) is -0.616. The van der Waals surface area contributed by atoms with Crippen LogP contribution in [-0.2, 0) is 29.7 Å². The maximum Gasteiger partial charge on any atom is 0.306 e. The third kappa shape index (κ3) is 6.19. The molecule has 12 heteroatoms. The number of carbonyl (C=O) groups is 1. The molecule has 2 N–H and O–H groups in total. The van der Waals surface area contributed by atoms with Gasteiger partial charge in [0.05, 0.1) is 35.4 Å². The van der Waals surface area contributed by atoms with Crippen LogP contribution in [-0.4, -0.2) is 70.7 Å². The van der Waals surface area contributed by atoms with Crippen molar-refractivity contribution >= 4 is 33.5 Å². The number of imidazole rings is 1. The zero-order valence-electron chi connectivity index (χ0n) is 26.0. The number of ether oxygens (including phenoxy) is 1. The van der Waals surface area contributed by atoms with Gasteiger partial charge in [-0.25, -0.2) is 9.67 Å². The van der Waals surface area contributed by atoms with Crippen LogP contribution in [0.25, 0.3) is 11.0 Å². The summed E-state index contributed by atoms with van der Waals surface area (Å²) in [6.45, 7) is 6.28. The Morgan fingerprint density at radius 1 is 1.07 bits per heavy atom. The Kier molecular flexibility index (Phi) is 8.65. The van der Waals surface area contributed by atoms with E-state index in [0.29, 0.717) is 31.1 Å². The first-order chi connectivity index (χ1) is 21.6. The largest absolute Gasteiger partial charge is 0.464 e. The number of aryl methyl sites for hydroxylation is 3. The van der Waals surface area contributed by atoms with Crippen molar-refractivity contribution in [3.8, 4) is 0 Å². The molecule has 1 atom stereocenters. The molecule has 5 aromatic rings. The van der Waals surface area contributed by atoms with E-state index in [1.54, 1.807) is 27.6 Å². The Labute approximate surface area is 264 Å². The van der Waals surface area contributed by atoms with E-state index in [9.17, 15) is 13.9 Å². The smallest absolute Gasteiger partial charge is 0.306 e. The number of nitrogens with zero attached hydrogens (tertiary/aromatic N) is 7. The Morgan fingerprint density at radius 2 is 1.89 bits per heavy atom. The monoisotopic (exact) mass is 629 g/mol. The second-order valence-electron chi connectivity index (χ2n) is 11.6. The van der Waals surface area contributed by atoms with Crippen LogP contribution in [0.4, 0.5) is 5.69 Å². The molecular formula is C33H39N7O4S. The Hall–Kier alpha value is -4.23. The molecule has 0 spiro atoms. The highest BCUT2D eigenvalue weighted by molar-refractivity contribution is 8.22. The first kappa shape index (κ1) is 30.8. The molecule has 6 rings (SSSR count). The summed E-state index contributed by atoms with van der Waals surface area (Å²) in [7, 11) is 0.596. The lowest BCUT2D eigenvalue weighted by molar-refractivity contribution is -0.144. The van der Waals surface area contributed by atoms with Crippen LogP contribution >= 0.6 is 10.8 Å². The fourth-order valence-electron chi connectivity index (χ4n) is 6.03. The van der Waals surface area contributed by atoms with Crippen molar-refractivity contribution in [3.63, 3.8) is 0 Å².